The van der Waals surface area contributed by atoms with Crippen LogP contribution in [-0.4, -0.2) is 70.7 Å². The van der Waals surface area contributed by atoms with Crippen LogP contribution >= 0.6 is 12.2 Å². The minimum atomic E-state index is -0.206. The van der Waals surface area contributed by atoms with Gasteiger partial charge in [-0.25, -0.2) is 4.98 Å². The van der Waals surface area contributed by atoms with Gasteiger partial charge in [-0.2, -0.15) is 0 Å². The summed E-state index contributed by atoms with van der Waals surface area (Å²) in [5.41, 5.74) is 0.999. The number of ether oxygens (including phenoxy) is 3. The quantitative estimate of drug-likeness (QED) is 0.321. The van der Waals surface area contributed by atoms with Crippen molar-refractivity contribution in [3.8, 4) is 0 Å². The molecular weight excluding hydrogens is 390 g/mol. The number of epoxide rings is 1. The van der Waals surface area contributed by atoms with Gasteiger partial charge in [-0.3, -0.25) is 9.36 Å². The van der Waals surface area contributed by atoms with Crippen molar-refractivity contribution in [3.05, 3.63) is 30.4 Å². The first-order chi connectivity index (χ1) is 13.9. The highest BCUT2D eigenvalue weighted by Crippen LogP contribution is 2.50. The number of carbonyl (C=O) groups is 1. The first-order valence-electron chi connectivity index (χ1n) is 10.2. The topological polar surface area (TPSA) is 69.1 Å². The lowest BCUT2D eigenvalue weighted by atomic mass is 9.80. The average Bonchev–Trinajstić information content (AvgIpc) is 3.00. The molecule has 1 aliphatic carbocycles. The monoisotopic (exact) mass is 419 g/mol. The lowest BCUT2D eigenvalue weighted by Gasteiger charge is -2.24. The van der Waals surface area contributed by atoms with E-state index in [9.17, 15) is 4.79 Å². The Morgan fingerprint density at radius 2 is 2.31 bits per heavy atom. The van der Waals surface area contributed by atoms with Gasteiger partial charge in [0.2, 0.25) is 0 Å². The molecule has 7 nitrogen and oxygen atoms in total. The van der Waals surface area contributed by atoms with E-state index in [0.29, 0.717) is 18.3 Å². The second-order valence-corrected chi connectivity index (χ2v) is 9.10. The number of carbonyl (C=O) groups excluding carboxylic acids is 1. The Hall–Kier alpha value is -1.77. The van der Waals surface area contributed by atoms with Crippen LogP contribution in [-0.2, 0) is 19.0 Å². The van der Waals surface area contributed by atoms with E-state index in [4.69, 9.17) is 26.4 Å². The van der Waals surface area contributed by atoms with Gasteiger partial charge in [-0.05, 0) is 64.5 Å². The standard InChI is InChI=1S/C21H29N3O4S/c1-21-8-4-5-14(12-26-20(29)24-10-9-22-13-24)6-7-15-16(11-23(2)3)19(25)27-17(15)18(21)28-21/h5,9-10,13,15-18H,4,6-8,11-12H2,1-3H3/b14-5+/t15-,16?,17-,18-,21+/m0/s1. The molecule has 0 aromatic carbocycles. The minimum Gasteiger partial charge on any atom is -0.466 e. The molecule has 2 fully saturated rings. The fraction of sp³-hybridized carbons (Fsp3) is 0.667. The molecule has 0 spiro atoms. The molecule has 2 saturated heterocycles. The van der Waals surface area contributed by atoms with Crippen LogP contribution in [0.3, 0.4) is 0 Å². The maximum atomic E-state index is 12.6. The molecule has 8 heteroatoms. The van der Waals surface area contributed by atoms with Crippen LogP contribution in [0, 0.1) is 11.8 Å². The van der Waals surface area contributed by atoms with E-state index in [1.807, 2.05) is 14.1 Å². The van der Waals surface area contributed by atoms with Crippen LogP contribution in [0.1, 0.15) is 32.6 Å². The number of esters is 1. The molecule has 5 atom stereocenters. The molecule has 1 aromatic heterocycles. The van der Waals surface area contributed by atoms with Gasteiger partial charge in [0.15, 0.2) is 0 Å². The molecule has 3 aliphatic rings. The summed E-state index contributed by atoms with van der Waals surface area (Å²) in [7, 11) is 3.99. The molecule has 0 amide bonds. The first kappa shape index (κ1) is 20.5. The van der Waals surface area contributed by atoms with Gasteiger partial charge in [-0.15, -0.1) is 0 Å². The predicted molar refractivity (Wildman–Crippen MR) is 111 cm³/mol. The van der Waals surface area contributed by atoms with Crippen LogP contribution in [0.4, 0.5) is 0 Å². The number of hydrogen-bond acceptors (Lipinski definition) is 7. The molecule has 1 unspecified atom stereocenters. The molecular formula is C21H29N3O4S. The Morgan fingerprint density at radius 3 is 3.03 bits per heavy atom. The zero-order valence-corrected chi connectivity index (χ0v) is 18.1. The molecule has 0 bridgehead atoms. The highest BCUT2D eigenvalue weighted by atomic mass is 32.1. The smallest absolute Gasteiger partial charge is 0.311 e. The largest absolute Gasteiger partial charge is 0.466 e. The number of nitrogens with zero attached hydrogens (tertiary/aromatic N) is 3. The summed E-state index contributed by atoms with van der Waals surface area (Å²) < 4.78 is 19.4. The maximum absolute atomic E-state index is 12.6. The number of fused-ring (bicyclic) bond motifs is 3. The lowest BCUT2D eigenvalue weighted by Crippen LogP contribution is -2.34. The number of rotatable bonds is 4. The van der Waals surface area contributed by atoms with Gasteiger partial charge in [0, 0.05) is 24.9 Å². The summed E-state index contributed by atoms with van der Waals surface area (Å²) >= 11 is 5.33. The third-order valence-electron chi connectivity index (χ3n) is 6.26. The Bertz CT molecular complexity index is 794. The van der Waals surface area contributed by atoms with Crippen molar-refractivity contribution in [2.75, 3.05) is 27.2 Å². The van der Waals surface area contributed by atoms with Crippen molar-refractivity contribution in [3.63, 3.8) is 0 Å². The number of aromatic nitrogens is 2. The van der Waals surface area contributed by atoms with Gasteiger partial charge >= 0.3 is 5.97 Å². The third-order valence-corrected chi connectivity index (χ3v) is 6.59. The van der Waals surface area contributed by atoms with Gasteiger partial charge in [0.05, 0.1) is 11.5 Å². The number of hydrogen-bond donors (Lipinski definition) is 0. The molecule has 29 heavy (non-hydrogen) atoms. The Kier molecular flexibility index (Phi) is 5.77. The van der Waals surface area contributed by atoms with Crippen LogP contribution < -0.4 is 0 Å². The minimum absolute atomic E-state index is 0.0173. The maximum Gasteiger partial charge on any atom is 0.311 e. The fourth-order valence-corrected chi connectivity index (χ4v) is 4.75. The van der Waals surface area contributed by atoms with Crippen molar-refractivity contribution < 1.29 is 19.0 Å². The fourth-order valence-electron chi connectivity index (χ4n) is 4.58. The molecule has 1 aromatic rings. The Morgan fingerprint density at radius 1 is 1.48 bits per heavy atom. The lowest BCUT2D eigenvalue weighted by molar-refractivity contribution is -0.145. The summed E-state index contributed by atoms with van der Waals surface area (Å²) in [5.74, 6) is -0.0512. The predicted octanol–water partition coefficient (Wildman–Crippen LogP) is 2.41. The number of thiocarbonyl (C=S) groups is 1. The second kappa shape index (κ2) is 8.16. The van der Waals surface area contributed by atoms with Crippen molar-refractivity contribution >= 4 is 23.4 Å². The van der Waals surface area contributed by atoms with Crippen LogP contribution in [0.25, 0.3) is 0 Å². The van der Waals surface area contributed by atoms with Crippen LogP contribution in [0.5, 0.6) is 0 Å². The van der Waals surface area contributed by atoms with Gasteiger partial charge in [-0.1, -0.05) is 6.08 Å². The van der Waals surface area contributed by atoms with Gasteiger partial charge < -0.3 is 19.1 Å². The van der Waals surface area contributed by atoms with E-state index in [2.05, 4.69) is 22.9 Å². The molecule has 0 saturated carbocycles. The zero-order valence-electron chi connectivity index (χ0n) is 17.2. The van der Waals surface area contributed by atoms with E-state index < -0.39 is 0 Å². The number of allylic oxidation sites excluding steroid dienone is 1. The zero-order chi connectivity index (χ0) is 20.6. The van der Waals surface area contributed by atoms with E-state index >= 15 is 0 Å². The first-order valence-corrected chi connectivity index (χ1v) is 10.6. The normalized spacial score (nSPS) is 35.9. The Balaban J connectivity index is 1.47. The highest BCUT2D eigenvalue weighted by molar-refractivity contribution is 7.80. The van der Waals surface area contributed by atoms with E-state index in [-0.39, 0.29) is 35.6 Å². The van der Waals surface area contributed by atoms with Gasteiger partial charge in [0.25, 0.3) is 5.17 Å². The summed E-state index contributed by atoms with van der Waals surface area (Å²) in [4.78, 5) is 18.7. The summed E-state index contributed by atoms with van der Waals surface area (Å²) in [6, 6.07) is 0. The average molecular weight is 420 g/mol. The molecule has 2 aliphatic heterocycles. The summed E-state index contributed by atoms with van der Waals surface area (Å²) in [6.07, 6.45) is 10.7. The van der Waals surface area contributed by atoms with Crippen molar-refractivity contribution in [2.24, 2.45) is 11.8 Å². The molecule has 3 heterocycles. The molecule has 158 valence electrons. The van der Waals surface area contributed by atoms with Crippen molar-refractivity contribution in [1.29, 1.82) is 0 Å². The van der Waals surface area contributed by atoms with Crippen LogP contribution in [0.2, 0.25) is 0 Å². The van der Waals surface area contributed by atoms with Crippen LogP contribution in [0.15, 0.2) is 30.4 Å². The summed E-state index contributed by atoms with van der Waals surface area (Å²) in [5, 5.41) is 0.390. The van der Waals surface area contributed by atoms with E-state index in [0.717, 1.165) is 25.7 Å². The SMILES string of the molecule is CN(C)CC1C(=O)O[C@H]2[C@H]1CC/C(COC(=S)n1ccnc1)=C\CC[C@@]1(C)O[C@@H]21. The third kappa shape index (κ3) is 4.39. The second-order valence-electron chi connectivity index (χ2n) is 8.75. The molecule has 0 N–H and O–H groups in total. The summed E-state index contributed by atoms with van der Waals surface area (Å²) in [6.45, 7) is 3.27. The number of imidazole rings is 1. The van der Waals surface area contributed by atoms with Crippen molar-refractivity contribution in [1.82, 2.24) is 14.5 Å². The van der Waals surface area contributed by atoms with E-state index in [1.54, 1.807) is 23.3 Å². The molecule has 4 rings (SSSR count). The van der Waals surface area contributed by atoms with Crippen molar-refractivity contribution in [2.45, 2.75) is 50.4 Å². The molecule has 0 radical (unpaired) electrons. The van der Waals surface area contributed by atoms with E-state index in [1.165, 1.54) is 5.57 Å². The highest BCUT2D eigenvalue weighted by Gasteiger charge is 2.62. The van der Waals surface area contributed by atoms with Gasteiger partial charge in [0.1, 0.15) is 25.1 Å². The Labute approximate surface area is 177 Å².